The Labute approximate surface area is 118 Å². The highest BCUT2D eigenvalue weighted by atomic mass is 16.2. The molecule has 0 spiro atoms. The first-order chi connectivity index (χ1) is 9.65. The van der Waals surface area contributed by atoms with Crippen LogP contribution in [-0.2, 0) is 16.0 Å². The molecule has 2 atom stereocenters. The minimum Gasteiger partial charge on any atom is -0.344 e. The highest BCUT2D eigenvalue weighted by Crippen LogP contribution is 2.22. The second kappa shape index (κ2) is 5.25. The Morgan fingerprint density at radius 3 is 2.75 bits per heavy atom. The van der Waals surface area contributed by atoms with Crippen LogP contribution in [0.2, 0.25) is 0 Å². The highest BCUT2D eigenvalue weighted by molar-refractivity contribution is 5.97. The lowest BCUT2D eigenvalue weighted by atomic mass is 10.1. The third-order valence-electron chi connectivity index (χ3n) is 4.12. The number of hydrogen-bond acceptors (Lipinski definition) is 3. The Morgan fingerprint density at radius 2 is 2.00 bits per heavy atom. The van der Waals surface area contributed by atoms with Gasteiger partial charge in [0.15, 0.2) is 0 Å². The molecule has 1 saturated heterocycles. The third kappa shape index (κ3) is 2.41. The molecule has 2 heterocycles. The van der Waals surface area contributed by atoms with Gasteiger partial charge in [-0.15, -0.1) is 0 Å². The fourth-order valence-corrected chi connectivity index (χ4v) is 2.89. The molecule has 5 nitrogen and oxygen atoms in total. The van der Waals surface area contributed by atoms with Crippen molar-refractivity contribution in [2.45, 2.75) is 31.3 Å². The zero-order valence-electron chi connectivity index (χ0n) is 11.6. The number of nitrogens with zero attached hydrogens (tertiary/aromatic N) is 1. The summed E-state index contributed by atoms with van der Waals surface area (Å²) in [6.45, 7) is 0.755. The molecule has 1 aromatic carbocycles. The summed E-state index contributed by atoms with van der Waals surface area (Å²) >= 11 is 0. The van der Waals surface area contributed by atoms with Gasteiger partial charge in [0.2, 0.25) is 11.8 Å². The lowest BCUT2D eigenvalue weighted by Crippen LogP contribution is -2.48. The first kappa shape index (κ1) is 13.1. The molecule has 0 bridgehead atoms. The molecular weight excluding hydrogens is 254 g/mol. The Kier molecular flexibility index (Phi) is 3.44. The van der Waals surface area contributed by atoms with Crippen LogP contribution in [0.3, 0.4) is 0 Å². The second-order valence-electron chi connectivity index (χ2n) is 5.51. The number of likely N-dealkylation sites (tertiary alicyclic amines) is 1. The van der Waals surface area contributed by atoms with Crippen LogP contribution in [0.4, 0.5) is 5.69 Å². The zero-order chi connectivity index (χ0) is 14.1. The SMILES string of the molecule is CN1CCC(NC2CCc3ccccc3NC2=O)C1=O. The van der Waals surface area contributed by atoms with Crippen LogP contribution in [0.15, 0.2) is 24.3 Å². The quantitative estimate of drug-likeness (QED) is 0.836. The molecule has 3 rings (SSSR count). The van der Waals surface area contributed by atoms with E-state index < -0.39 is 0 Å². The van der Waals surface area contributed by atoms with Crippen LogP contribution in [0.1, 0.15) is 18.4 Å². The Balaban J connectivity index is 1.70. The van der Waals surface area contributed by atoms with Crippen LogP contribution in [0.25, 0.3) is 0 Å². The lowest BCUT2D eigenvalue weighted by Gasteiger charge is -2.19. The molecule has 0 aliphatic carbocycles. The normalized spacial score (nSPS) is 26.1. The summed E-state index contributed by atoms with van der Waals surface area (Å²) in [6, 6.07) is 7.33. The number of carbonyl (C=O) groups excluding carboxylic acids is 2. The average molecular weight is 273 g/mol. The monoisotopic (exact) mass is 273 g/mol. The summed E-state index contributed by atoms with van der Waals surface area (Å²) < 4.78 is 0. The van der Waals surface area contributed by atoms with Crippen LogP contribution in [-0.4, -0.2) is 42.4 Å². The van der Waals surface area contributed by atoms with Gasteiger partial charge < -0.3 is 10.2 Å². The number of aryl methyl sites for hydroxylation is 1. The molecule has 2 amide bonds. The second-order valence-corrected chi connectivity index (χ2v) is 5.51. The van der Waals surface area contributed by atoms with E-state index in [0.717, 1.165) is 37.1 Å². The van der Waals surface area contributed by atoms with E-state index in [-0.39, 0.29) is 23.9 Å². The number of rotatable bonds is 2. The summed E-state index contributed by atoms with van der Waals surface area (Å²) in [5.74, 6) is 0.0388. The predicted octanol–water partition coefficient (Wildman–Crippen LogP) is 0.760. The molecule has 106 valence electrons. The van der Waals surface area contributed by atoms with Crippen molar-refractivity contribution in [3.8, 4) is 0 Å². The third-order valence-corrected chi connectivity index (χ3v) is 4.12. The molecule has 5 heteroatoms. The summed E-state index contributed by atoms with van der Waals surface area (Å²) in [7, 11) is 1.80. The van der Waals surface area contributed by atoms with Gasteiger partial charge >= 0.3 is 0 Å². The molecule has 20 heavy (non-hydrogen) atoms. The molecule has 2 N–H and O–H groups in total. The molecule has 0 aromatic heterocycles. The van der Waals surface area contributed by atoms with Crippen molar-refractivity contribution in [2.24, 2.45) is 0 Å². The van der Waals surface area contributed by atoms with E-state index >= 15 is 0 Å². The largest absolute Gasteiger partial charge is 0.344 e. The lowest BCUT2D eigenvalue weighted by molar-refractivity contribution is -0.128. The van der Waals surface area contributed by atoms with Crippen LogP contribution in [0.5, 0.6) is 0 Å². The number of para-hydroxylation sites is 1. The maximum absolute atomic E-state index is 12.3. The van der Waals surface area contributed by atoms with Gasteiger partial charge in [0.05, 0.1) is 12.1 Å². The number of fused-ring (bicyclic) bond motifs is 1. The maximum atomic E-state index is 12.3. The van der Waals surface area contributed by atoms with Crippen molar-refractivity contribution < 1.29 is 9.59 Å². The smallest absolute Gasteiger partial charge is 0.241 e. The van der Waals surface area contributed by atoms with Crippen LogP contribution < -0.4 is 10.6 Å². The van der Waals surface area contributed by atoms with Gasteiger partial charge in [-0.1, -0.05) is 18.2 Å². The first-order valence-electron chi connectivity index (χ1n) is 7.05. The summed E-state index contributed by atoms with van der Waals surface area (Å²) in [5, 5.41) is 6.17. The van der Waals surface area contributed by atoms with E-state index in [0.29, 0.717) is 0 Å². The van der Waals surface area contributed by atoms with E-state index in [1.165, 1.54) is 0 Å². The van der Waals surface area contributed by atoms with Crippen molar-refractivity contribution in [2.75, 3.05) is 18.9 Å². The molecule has 1 aromatic rings. The Morgan fingerprint density at radius 1 is 1.20 bits per heavy atom. The van der Waals surface area contributed by atoms with E-state index in [2.05, 4.69) is 10.6 Å². The number of anilines is 1. The predicted molar refractivity (Wildman–Crippen MR) is 76.4 cm³/mol. The average Bonchev–Trinajstić information content (AvgIpc) is 2.67. The number of nitrogens with one attached hydrogen (secondary N) is 2. The minimum absolute atomic E-state index is 0.0442. The molecule has 0 radical (unpaired) electrons. The van der Waals surface area contributed by atoms with Crippen molar-refractivity contribution in [1.29, 1.82) is 0 Å². The summed E-state index contributed by atoms with van der Waals surface area (Å²) in [5.41, 5.74) is 2.04. The minimum atomic E-state index is -0.303. The molecule has 2 aliphatic rings. The van der Waals surface area contributed by atoms with Gasteiger partial charge in [-0.05, 0) is 30.9 Å². The zero-order valence-corrected chi connectivity index (χ0v) is 11.6. The van der Waals surface area contributed by atoms with E-state index in [9.17, 15) is 9.59 Å². The number of likely N-dealkylation sites (N-methyl/N-ethyl adjacent to an activating group) is 1. The van der Waals surface area contributed by atoms with Crippen molar-refractivity contribution in [3.05, 3.63) is 29.8 Å². The van der Waals surface area contributed by atoms with Gasteiger partial charge in [0, 0.05) is 19.3 Å². The fourth-order valence-electron chi connectivity index (χ4n) is 2.89. The van der Waals surface area contributed by atoms with Crippen molar-refractivity contribution in [1.82, 2.24) is 10.2 Å². The van der Waals surface area contributed by atoms with Gasteiger partial charge in [0.1, 0.15) is 0 Å². The van der Waals surface area contributed by atoms with E-state index in [4.69, 9.17) is 0 Å². The maximum Gasteiger partial charge on any atom is 0.241 e. The standard InChI is InChI=1S/C15H19N3O2/c1-18-9-8-13(15(18)20)16-12-7-6-10-4-2-3-5-11(10)17-14(12)19/h2-5,12-13,16H,6-9H2,1H3,(H,17,19). The molecule has 0 saturated carbocycles. The Bertz CT molecular complexity index is 544. The van der Waals surface area contributed by atoms with Gasteiger partial charge in [0.25, 0.3) is 0 Å². The van der Waals surface area contributed by atoms with E-state index in [1.807, 2.05) is 24.3 Å². The van der Waals surface area contributed by atoms with Gasteiger partial charge in [-0.25, -0.2) is 0 Å². The number of carbonyl (C=O) groups is 2. The van der Waals surface area contributed by atoms with Gasteiger partial charge in [-0.3, -0.25) is 14.9 Å². The van der Waals surface area contributed by atoms with Crippen LogP contribution >= 0.6 is 0 Å². The van der Waals surface area contributed by atoms with Crippen molar-refractivity contribution >= 4 is 17.5 Å². The first-order valence-corrected chi connectivity index (χ1v) is 7.05. The van der Waals surface area contributed by atoms with Gasteiger partial charge in [-0.2, -0.15) is 0 Å². The highest BCUT2D eigenvalue weighted by Gasteiger charge is 2.33. The molecule has 1 fully saturated rings. The topological polar surface area (TPSA) is 61.4 Å². The number of amides is 2. The molecular formula is C15H19N3O2. The molecule has 2 aliphatic heterocycles. The Hall–Kier alpha value is -1.88. The van der Waals surface area contributed by atoms with Crippen LogP contribution in [0, 0.1) is 0 Å². The summed E-state index contributed by atoms with van der Waals surface area (Å²) in [6.07, 6.45) is 2.33. The summed E-state index contributed by atoms with van der Waals surface area (Å²) in [4.78, 5) is 25.9. The number of hydrogen-bond donors (Lipinski definition) is 2. The van der Waals surface area contributed by atoms with Crippen molar-refractivity contribution in [3.63, 3.8) is 0 Å². The fraction of sp³-hybridized carbons (Fsp3) is 0.467. The number of benzene rings is 1. The molecule has 2 unspecified atom stereocenters. The van der Waals surface area contributed by atoms with E-state index in [1.54, 1.807) is 11.9 Å².